The minimum Gasteiger partial charge on any atom is -0.494 e. The monoisotopic (exact) mass is 492 g/mol. The van der Waals surface area contributed by atoms with E-state index in [4.69, 9.17) is 4.74 Å². The quantitative estimate of drug-likeness (QED) is 0.358. The van der Waals surface area contributed by atoms with E-state index < -0.39 is 0 Å². The Morgan fingerprint density at radius 2 is 2.12 bits per heavy atom. The standard InChI is InChI=1S/C18H25FN4OS.HI/c1-6-20-18(21-10-17-12(3)22-13(4)25-17)23-11(2)14-7-8-16(24-5)15(19)9-14;/h7-9,11H,6,10H2,1-5H3,(H2,20,21,23);1H. The Bertz CT molecular complexity index is 751. The van der Waals surface area contributed by atoms with E-state index in [1.807, 2.05) is 33.8 Å². The molecule has 1 aromatic carbocycles. The number of aryl methyl sites for hydroxylation is 2. The highest BCUT2D eigenvalue weighted by molar-refractivity contribution is 14.0. The van der Waals surface area contributed by atoms with Crippen LogP contribution in [-0.4, -0.2) is 24.6 Å². The number of aromatic nitrogens is 1. The number of nitrogens with zero attached hydrogens (tertiary/aromatic N) is 2. The Hall–Kier alpha value is -1.42. The SMILES string of the molecule is CCNC(=NCc1sc(C)nc1C)NC(C)c1ccc(OC)c(F)c1.I. The van der Waals surface area contributed by atoms with E-state index >= 15 is 0 Å². The van der Waals surface area contributed by atoms with Gasteiger partial charge in [0.2, 0.25) is 0 Å². The van der Waals surface area contributed by atoms with Gasteiger partial charge in [0.25, 0.3) is 0 Å². The molecule has 0 aliphatic heterocycles. The fourth-order valence-corrected chi connectivity index (χ4v) is 3.29. The van der Waals surface area contributed by atoms with Crippen molar-refractivity contribution in [3.8, 4) is 5.75 Å². The first-order valence-electron chi connectivity index (χ1n) is 8.25. The molecule has 2 rings (SSSR count). The summed E-state index contributed by atoms with van der Waals surface area (Å²) in [5.41, 5.74) is 1.85. The van der Waals surface area contributed by atoms with Crippen molar-refractivity contribution in [3.63, 3.8) is 0 Å². The van der Waals surface area contributed by atoms with Crippen molar-refractivity contribution in [1.29, 1.82) is 0 Å². The number of hydrogen-bond acceptors (Lipinski definition) is 4. The Kier molecular flexibility index (Phi) is 9.28. The highest BCUT2D eigenvalue weighted by atomic mass is 127. The summed E-state index contributed by atoms with van der Waals surface area (Å²) in [4.78, 5) is 10.2. The van der Waals surface area contributed by atoms with Gasteiger partial charge in [-0.2, -0.15) is 0 Å². The zero-order valence-electron chi connectivity index (χ0n) is 15.7. The van der Waals surface area contributed by atoms with E-state index in [1.54, 1.807) is 17.4 Å². The summed E-state index contributed by atoms with van der Waals surface area (Å²) in [6.07, 6.45) is 0. The number of nitrogens with one attached hydrogen (secondary N) is 2. The first-order valence-corrected chi connectivity index (χ1v) is 9.07. The van der Waals surface area contributed by atoms with Crippen LogP contribution in [0.2, 0.25) is 0 Å². The molecular formula is C18H26FIN4OS. The minimum absolute atomic E-state index is 0. The maximum Gasteiger partial charge on any atom is 0.192 e. The van der Waals surface area contributed by atoms with E-state index in [1.165, 1.54) is 13.2 Å². The molecule has 1 unspecified atom stereocenters. The molecule has 144 valence electrons. The van der Waals surface area contributed by atoms with Crippen LogP contribution in [0.5, 0.6) is 5.75 Å². The van der Waals surface area contributed by atoms with Gasteiger partial charge in [-0.1, -0.05) is 6.07 Å². The Balaban J connectivity index is 0.00000338. The van der Waals surface area contributed by atoms with Crippen LogP contribution in [0.3, 0.4) is 0 Å². The predicted octanol–water partition coefficient (Wildman–Crippen LogP) is 4.34. The van der Waals surface area contributed by atoms with Crippen LogP contribution in [0, 0.1) is 19.7 Å². The zero-order valence-corrected chi connectivity index (χ0v) is 18.9. The lowest BCUT2D eigenvalue weighted by Gasteiger charge is -2.18. The van der Waals surface area contributed by atoms with Gasteiger partial charge in [-0.15, -0.1) is 35.3 Å². The number of methoxy groups -OCH3 is 1. The van der Waals surface area contributed by atoms with Gasteiger partial charge >= 0.3 is 0 Å². The van der Waals surface area contributed by atoms with Gasteiger partial charge in [-0.05, 0) is 45.4 Å². The molecule has 1 aromatic heterocycles. The van der Waals surface area contributed by atoms with E-state index in [2.05, 4.69) is 20.6 Å². The smallest absolute Gasteiger partial charge is 0.192 e. The Labute approximate surface area is 175 Å². The molecule has 0 bridgehead atoms. The van der Waals surface area contributed by atoms with Gasteiger partial charge in [-0.25, -0.2) is 14.4 Å². The summed E-state index contributed by atoms with van der Waals surface area (Å²) < 4.78 is 18.9. The molecule has 2 N–H and O–H groups in total. The minimum atomic E-state index is -0.369. The lowest BCUT2D eigenvalue weighted by atomic mass is 10.1. The molecule has 0 aliphatic rings. The fraction of sp³-hybridized carbons (Fsp3) is 0.444. The number of ether oxygens (including phenoxy) is 1. The van der Waals surface area contributed by atoms with Crippen molar-refractivity contribution in [2.24, 2.45) is 4.99 Å². The average Bonchev–Trinajstić information content (AvgIpc) is 2.90. The lowest BCUT2D eigenvalue weighted by molar-refractivity contribution is 0.386. The van der Waals surface area contributed by atoms with Gasteiger partial charge in [0, 0.05) is 11.4 Å². The summed E-state index contributed by atoms with van der Waals surface area (Å²) in [5, 5.41) is 7.58. The number of benzene rings is 1. The predicted molar refractivity (Wildman–Crippen MR) is 116 cm³/mol. The topological polar surface area (TPSA) is 58.5 Å². The molecule has 2 aromatic rings. The first-order chi connectivity index (χ1) is 11.9. The molecule has 0 radical (unpaired) electrons. The molecule has 0 saturated carbocycles. The van der Waals surface area contributed by atoms with Crippen LogP contribution in [0.1, 0.15) is 41.0 Å². The van der Waals surface area contributed by atoms with E-state index in [0.717, 1.165) is 27.7 Å². The highest BCUT2D eigenvalue weighted by Gasteiger charge is 2.12. The molecule has 0 amide bonds. The number of hydrogen-bond donors (Lipinski definition) is 2. The van der Waals surface area contributed by atoms with Crippen molar-refractivity contribution >= 4 is 41.3 Å². The summed E-state index contributed by atoms with van der Waals surface area (Å²) >= 11 is 1.66. The molecule has 0 saturated heterocycles. The molecule has 5 nitrogen and oxygen atoms in total. The molecule has 8 heteroatoms. The summed E-state index contributed by atoms with van der Waals surface area (Å²) in [7, 11) is 1.46. The van der Waals surface area contributed by atoms with E-state index in [-0.39, 0.29) is 41.6 Å². The molecule has 0 spiro atoms. The van der Waals surface area contributed by atoms with Gasteiger partial charge in [-0.3, -0.25) is 0 Å². The van der Waals surface area contributed by atoms with Crippen molar-refractivity contribution in [2.75, 3.05) is 13.7 Å². The Morgan fingerprint density at radius 3 is 2.65 bits per heavy atom. The number of rotatable bonds is 6. The maximum atomic E-state index is 13.9. The van der Waals surface area contributed by atoms with Crippen LogP contribution in [0.25, 0.3) is 0 Å². The van der Waals surface area contributed by atoms with Crippen molar-refractivity contribution in [3.05, 3.63) is 45.2 Å². The van der Waals surface area contributed by atoms with Gasteiger partial charge in [0.05, 0.1) is 30.4 Å². The second-order valence-corrected chi connectivity index (χ2v) is 6.98. The lowest BCUT2D eigenvalue weighted by Crippen LogP contribution is -2.38. The largest absolute Gasteiger partial charge is 0.494 e. The summed E-state index contributed by atoms with van der Waals surface area (Å²) in [5.74, 6) is 0.565. The molecule has 26 heavy (non-hydrogen) atoms. The Morgan fingerprint density at radius 1 is 1.38 bits per heavy atom. The molecule has 0 fully saturated rings. The first kappa shape index (κ1) is 22.6. The van der Waals surface area contributed by atoms with Crippen molar-refractivity contribution < 1.29 is 9.13 Å². The third-order valence-corrected chi connectivity index (χ3v) is 4.81. The number of aliphatic imine (C=N–C) groups is 1. The highest BCUT2D eigenvalue weighted by Crippen LogP contribution is 2.22. The number of halogens is 2. The molecule has 0 aliphatic carbocycles. The van der Waals surface area contributed by atoms with Crippen molar-refractivity contribution in [2.45, 2.75) is 40.3 Å². The third kappa shape index (κ3) is 6.08. The van der Waals surface area contributed by atoms with Gasteiger partial charge in [0.1, 0.15) is 0 Å². The second-order valence-electron chi connectivity index (χ2n) is 5.70. The number of thiazole rings is 1. The van der Waals surface area contributed by atoms with E-state index in [0.29, 0.717) is 12.5 Å². The summed E-state index contributed by atoms with van der Waals surface area (Å²) in [6.45, 7) is 9.28. The third-order valence-electron chi connectivity index (χ3n) is 3.75. The van der Waals surface area contributed by atoms with E-state index in [9.17, 15) is 4.39 Å². The van der Waals surface area contributed by atoms with Crippen molar-refractivity contribution in [1.82, 2.24) is 15.6 Å². The average molecular weight is 492 g/mol. The van der Waals surface area contributed by atoms with Gasteiger partial charge in [0.15, 0.2) is 17.5 Å². The van der Waals surface area contributed by atoms with Crippen LogP contribution < -0.4 is 15.4 Å². The zero-order chi connectivity index (χ0) is 18.4. The fourth-order valence-electron chi connectivity index (χ4n) is 2.43. The second kappa shape index (κ2) is 10.7. The van der Waals surface area contributed by atoms with Gasteiger partial charge < -0.3 is 15.4 Å². The summed E-state index contributed by atoms with van der Waals surface area (Å²) in [6, 6.07) is 4.87. The number of guanidine groups is 1. The maximum absolute atomic E-state index is 13.9. The van der Waals surface area contributed by atoms with Crippen LogP contribution in [0.4, 0.5) is 4.39 Å². The molecule has 1 atom stereocenters. The normalized spacial score (nSPS) is 12.3. The van der Waals surface area contributed by atoms with Crippen LogP contribution in [0.15, 0.2) is 23.2 Å². The van der Waals surface area contributed by atoms with Crippen LogP contribution in [-0.2, 0) is 6.54 Å². The van der Waals surface area contributed by atoms with Crippen LogP contribution >= 0.6 is 35.3 Å². The molecule has 1 heterocycles. The molecular weight excluding hydrogens is 466 g/mol.